The summed E-state index contributed by atoms with van der Waals surface area (Å²) < 4.78 is 18.6. The Bertz CT molecular complexity index is 1080. The molecule has 2 amide bonds. The number of amides is 2. The number of benzene rings is 2. The van der Waals surface area contributed by atoms with Gasteiger partial charge in [-0.05, 0) is 48.6 Å². The van der Waals surface area contributed by atoms with Gasteiger partial charge in [-0.15, -0.1) is 0 Å². The lowest BCUT2D eigenvalue weighted by Crippen LogP contribution is -2.48. The minimum absolute atomic E-state index is 0.129. The van der Waals surface area contributed by atoms with Crippen LogP contribution in [0.3, 0.4) is 0 Å². The number of nitrogens with zero attached hydrogens (tertiary/aromatic N) is 2. The number of carbonyl (C=O) groups is 2. The second kappa shape index (κ2) is 9.34. The van der Waals surface area contributed by atoms with Crippen molar-refractivity contribution in [3.63, 3.8) is 0 Å². The van der Waals surface area contributed by atoms with Gasteiger partial charge in [0.25, 0.3) is 5.91 Å². The van der Waals surface area contributed by atoms with Crippen LogP contribution in [0.15, 0.2) is 65.2 Å². The van der Waals surface area contributed by atoms with E-state index in [9.17, 15) is 14.0 Å². The molecule has 1 aliphatic heterocycles. The minimum atomic E-state index is -0.595. The van der Waals surface area contributed by atoms with Crippen molar-refractivity contribution in [3.05, 3.63) is 77.7 Å². The zero-order valence-electron chi connectivity index (χ0n) is 18.1. The molecule has 0 aliphatic carbocycles. The molecule has 1 saturated heterocycles. The standard InChI is InChI=1S/C25H26FN3O3/c1-16(2)14-22-24(30)27-20(17-6-4-3-5-7-17)12-13-29(22)25(31)21-15-23(32-28-21)18-8-10-19(26)11-9-18/h3-11,15-16,20,22H,12-14H2,1-2H3,(H,27,30). The minimum Gasteiger partial charge on any atom is -0.355 e. The molecule has 3 aromatic rings. The highest BCUT2D eigenvalue weighted by atomic mass is 19.1. The van der Waals surface area contributed by atoms with Crippen LogP contribution in [-0.4, -0.2) is 34.5 Å². The van der Waals surface area contributed by atoms with Gasteiger partial charge in [0, 0.05) is 18.2 Å². The number of aromatic nitrogens is 1. The molecule has 7 heteroatoms. The van der Waals surface area contributed by atoms with Gasteiger partial charge in [-0.2, -0.15) is 0 Å². The van der Waals surface area contributed by atoms with Crippen molar-refractivity contribution in [2.45, 2.75) is 38.8 Å². The number of hydrogen-bond donors (Lipinski definition) is 1. The first kappa shape index (κ1) is 21.7. The Kier molecular flexibility index (Phi) is 6.35. The van der Waals surface area contributed by atoms with Gasteiger partial charge in [-0.25, -0.2) is 4.39 Å². The molecule has 2 heterocycles. The molecule has 0 bridgehead atoms. The SMILES string of the molecule is CC(C)CC1C(=O)NC(c2ccccc2)CCN1C(=O)c1cc(-c2ccc(F)cc2)on1. The van der Waals surface area contributed by atoms with E-state index in [1.807, 2.05) is 44.2 Å². The molecule has 166 valence electrons. The molecule has 6 nitrogen and oxygen atoms in total. The molecule has 1 aliphatic rings. The van der Waals surface area contributed by atoms with Gasteiger partial charge in [0.15, 0.2) is 11.5 Å². The molecule has 2 unspecified atom stereocenters. The Morgan fingerprint density at radius 2 is 1.91 bits per heavy atom. The third-order valence-corrected chi connectivity index (χ3v) is 5.67. The zero-order valence-corrected chi connectivity index (χ0v) is 18.1. The average Bonchev–Trinajstić information content (AvgIpc) is 3.22. The van der Waals surface area contributed by atoms with Crippen molar-refractivity contribution in [1.29, 1.82) is 0 Å². The van der Waals surface area contributed by atoms with Crippen LogP contribution in [0.5, 0.6) is 0 Å². The maximum absolute atomic E-state index is 13.4. The molecule has 1 aromatic heterocycles. The molecule has 0 spiro atoms. The third kappa shape index (κ3) is 4.72. The summed E-state index contributed by atoms with van der Waals surface area (Å²) in [5.41, 5.74) is 1.76. The van der Waals surface area contributed by atoms with Crippen LogP contribution in [0, 0.1) is 11.7 Å². The number of carbonyl (C=O) groups excluding carboxylic acids is 2. The first-order valence-corrected chi connectivity index (χ1v) is 10.8. The molecule has 4 rings (SSSR count). The van der Waals surface area contributed by atoms with Crippen LogP contribution in [0.25, 0.3) is 11.3 Å². The Morgan fingerprint density at radius 1 is 1.19 bits per heavy atom. The van der Waals surface area contributed by atoms with E-state index in [1.165, 1.54) is 12.1 Å². The van der Waals surface area contributed by atoms with E-state index in [2.05, 4.69) is 10.5 Å². The fourth-order valence-electron chi connectivity index (χ4n) is 4.04. The summed E-state index contributed by atoms with van der Waals surface area (Å²) in [4.78, 5) is 28.2. The topological polar surface area (TPSA) is 75.4 Å². The average molecular weight is 435 g/mol. The van der Waals surface area contributed by atoms with Gasteiger partial charge in [-0.1, -0.05) is 49.3 Å². The maximum Gasteiger partial charge on any atom is 0.276 e. The molecular weight excluding hydrogens is 409 g/mol. The summed E-state index contributed by atoms with van der Waals surface area (Å²) in [6, 6.07) is 16.3. The van der Waals surface area contributed by atoms with Gasteiger partial charge in [0.1, 0.15) is 11.9 Å². The van der Waals surface area contributed by atoms with Gasteiger partial charge >= 0.3 is 0 Å². The maximum atomic E-state index is 13.4. The number of nitrogens with one attached hydrogen (secondary N) is 1. The molecule has 1 N–H and O–H groups in total. The van der Waals surface area contributed by atoms with E-state index < -0.39 is 6.04 Å². The lowest BCUT2D eigenvalue weighted by Gasteiger charge is -2.28. The van der Waals surface area contributed by atoms with E-state index in [-0.39, 0.29) is 35.3 Å². The molecular formula is C25H26FN3O3. The van der Waals surface area contributed by atoms with Crippen LogP contribution in [0.1, 0.15) is 48.8 Å². The summed E-state index contributed by atoms with van der Waals surface area (Å²) in [6.45, 7) is 4.46. The van der Waals surface area contributed by atoms with E-state index in [1.54, 1.807) is 23.1 Å². The first-order chi connectivity index (χ1) is 15.4. The van der Waals surface area contributed by atoms with Gasteiger partial charge in [0.2, 0.25) is 5.91 Å². The van der Waals surface area contributed by atoms with E-state index in [0.717, 1.165) is 5.56 Å². The predicted molar refractivity (Wildman–Crippen MR) is 118 cm³/mol. The van der Waals surface area contributed by atoms with Crippen molar-refractivity contribution < 1.29 is 18.5 Å². The Morgan fingerprint density at radius 3 is 2.59 bits per heavy atom. The van der Waals surface area contributed by atoms with E-state index in [0.29, 0.717) is 30.7 Å². The van der Waals surface area contributed by atoms with Gasteiger partial charge in [-0.3, -0.25) is 9.59 Å². The Hall–Kier alpha value is -3.48. The van der Waals surface area contributed by atoms with Crippen LogP contribution in [0.2, 0.25) is 0 Å². The van der Waals surface area contributed by atoms with Crippen LogP contribution in [0.4, 0.5) is 4.39 Å². The predicted octanol–water partition coefficient (Wildman–Crippen LogP) is 4.60. The van der Waals surface area contributed by atoms with E-state index in [4.69, 9.17) is 4.52 Å². The second-order valence-corrected chi connectivity index (χ2v) is 8.49. The van der Waals surface area contributed by atoms with Crippen LogP contribution < -0.4 is 5.32 Å². The van der Waals surface area contributed by atoms with Crippen molar-refractivity contribution in [1.82, 2.24) is 15.4 Å². The highest BCUT2D eigenvalue weighted by molar-refractivity contribution is 5.97. The summed E-state index contributed by atoms with van der Waals surface area (Å²) in [6.07, 6.45) is 1.14. The lowest BCUT2D eigenvalue weighted by atomic mass is 10.0. The molecule has 2 aromatic carbocycles. The van der Waals surface area contributed by atoms with Crippen molar-refractivity contribution >= 4 is 11.8 Å². The monoisotopic (exact) mass is 435 g/mol. The van der Waals surface area contributed by atoms with Crippen molar-refractivity contribution in [2.75, 3.05) is 6.54 Å². The summed E-state index contributed by atoms with van der Waals surface area (Å²) in [5, 5.41) is 7.06. The second-order valence-electron chi connectivity index (χ2n) is 8.49. The first-order valence-electron chi connectivity index (χ1n) is 10.8. The molecule has 32 heavy (non-hydrogen) atoms. The summed E-state index contributed by atoms with van der Waals surface area (Å²) in [7, 11) is 0. The molecule has 1 fully saturated rings. The van der Waals surface area contributed by atoms with Gasteiger partial charge < -0.3 is 14.7 Å². The fourth-order valence-corrected chi connectivity index (χ4v) is 4.04. The lowest BCUT2D eigenvalue weighted by molar-refractivity contribution is -0.125. The molecule has 0 radical (unpaired) electrons. The largest absolute Gasteiger partial charge is 0.355 e. The fraction of sp³-hybridized carbons (Fsp3) is 0.320. The Labute approximate surface area is 186 Å². The Balaban J connectivity index is 1.60. The normalized spacial score (nSPS) is 19.0. The van der Waals surface area contributed by atoms with Gasteiger partial charge in [0.05, 0.1) is 6.04 Å². The smallest absolute Gasteiger partial charge is 0.276 e. The van der Waals surface area contributed by atoms with Crippen molar-refractivity contribution in [3.8, 4) is 11.3 Å². The highest BCUT2D eigenvalue weighted by Gasteiger charge is 2.36. The number of hydrogen-bond acceptors (Lipinski definition) is 4. The van der Waals surface area contributed by atoms with Crippen LogP contribution in [-0.2, 0) is 4.79 Å². The van der Waals surface area contributed by atoms with Crippen LogP contribution >= 0.6 is 0 Å². The quantitative estimate of drug-likeness (QED) is 0.636. The number of halogens is 1. The summed E-state index contributed by atoms with van der Waals surface area (Å²) >= 11 is 0. The molecule has 0 saturated carbocycles. The highest BCUT2D eigenvalue weighted by Crippen LogP contribution is 2.27. The summed E-state index contributed by atoms with van der Waals surface area (Å²) in [5.74, 6) is -0.279. The van der Waals surface area contributed by atoms with Crippen molar-refractivity contribution in [2.24, 2.45) is 5.92 Å². The van der Waals surface area contributed by atoms with E-state index >= 15 is 0 Å². The third-order valence-electron chi connectivity index (χ3n) is 5.67. The molecule has 2 atom stereocenters. The number of rotatable bonds is 5. The zero-order chi connectivity index (χ0) is 22.7.